The Kier molecular flexibility index (Phi) is 6.50. The highest BCUT2D eigenvalue weighted by Gasteiger charge is 2.29. The van der Waals surface area contributed by atoms with E-state index < -0.39 is 0 Å². The number of benzene rings is 2. The minimum atomic E-state index is -0.112. The lowest BCUT2D eigenvalue weighted by atomic mass is 9.95. The van der Waals surface area contributed by atoms with Gasteiger partial charge < -0.3 is 5.32 Å². The maximum atomic E-state index is 13.0. The van der Waals surface area contributed by atoms with Crippen molar-refractivity contribution in [1.29, 1.82) is 0 Å². The predicted molar refractivity (Wildman–Crippen MR) is 118 cm³/mol. The first kappa shape index (κ1) is 20.2. The first-order valence-corrected chi connectivity index (χ1v) is 10.6. The van der Waals surface area contributed by atoms with E-state index in [1.165, 1.54) is 12.0 Å². The Morgan fingerprint density at radius 3 is 2.47 bits per heavy atom. The number of likely N-dealkylation sites (tertiary alicyclic amines) is 1. The van der Waals surface area contributed by atoms with Crippen molar-refractivity contribution in [3.8, 4) is 0 Å². The number of nitrogens with one attached hydrogen (secondary N) is 1. The molecule has 2 aromatic carbocycles. The molecule has 2 heterocycles. The Hall–Kier alpha value is -3.05. The first-order chi connectivity index (χ1) is 14.7. The van der Waals surface area contributed by atoms with E-state index in [1.54, 1.807) is 6.20 Å². The van der Waals surface area contributed by atoms with Crippen LogP contribution >= 0.6 is 0 Å². The highest BCUT2D eigenvalue weighted by molar-refractivity contribution is 5.95. The van der Waals surface area contributed by atoms with Gasteiger partial charge in [-0.3, -0.25) is 9.69 Å². The van der Waals surface area contributed by atoms with E-state index >= 15 is 0 Å². The monoisotopic (exact) mass is 400 g/mol. The largest absolute Gasteiger partial charge is 0.348 e. The molecule has 1 aliphatic rings. The maximum absolute atomic E-state index is 13.0. The molecule has 154 valence electrons. The maximum Gasteiger partial charge on any atom is 0.255 e. The number of aromatic nitrogens is 2. The Balaban J connectivity index is 1.57. The number of carbonyl (C=O) groups is 1. The van der Waals surface area contributed by atoms with Gasteiger partial charge in [-0.15, -0.1) is 0 Å². The molecular weight excluding hydrogens is 372 g/mol. The fourth-order valence-electron chi connectivity index (χ4n) is 4.10. The number of nitrogens with zero attached hydrogens (tertiary/aromatic N) is 3. The van der Waals surface area contributed by atoms with Gasteiger partial charge in [0.2, 0.25) is 0 Å². The van der Waals surface area contributed by atoms with Gasteiger partial charge in [-0.2, -0.15) is 0 Å². The fraction of sp³-hybridized carbons (Fsp3) is 0.320. The Bertz CT molecular complexity index is 975. The minimum absolute atomic E-state index is 0.112. The summed E-state index contributed by atoms with van der Waals surface area (Å²) in [4.78, 5) is 24.6. The van der Waals surface area contributed by atoms with E-state index in [0.29, 0.717) is 17.9 Å². The summed E-state index contributed by atoms with van der Waals surface area (Å²) in [6, 6.07) is 20.6. The molecule has 0 bridgehead atoms. The second-order valence-electron chi connectivity index (χ2n) is 7.85. The van der Waals surface area contributed by atoms with Crippen LogP contribution in [0.3, 0.4) is 0 Å². The number of amides is 1. The smallest absolute Gasteiger partial charge is 0.255 e. The van der Waals surface area contributed by atoms with Crippen molar-refractivity contribution in [2.75, 3.05) is 6.54 Å². The van der Waals surface area contributed by atoms with E-state index in [0.717, 1.165) is 37.2 Å². The van der Waals surface area contributed by atoms with Crippen LogP contribution in [0.25, 0.3) is 0 Å². The first-order valence-electron chi connectivity index (χ1n) is 10.6. The lowest BCUT2D eigenvalue weighted by Gasteiger charge is -2.36. The van der Waals surface area contributed by atoms with Crippen LogP contribution in [0.5, 0.6) is 0 Å². The molecular formula is C25H28N4O. The van der Waals surface area contributed by atoms with Crippen molar-refractivity contribution in [2.24, 2.45) is 0 Å². The van der Waals surface area contributed by atoms with Gasteiger partial charge in [0.1, 0.15) is 5.82 Å². The van der Waals surface area contributed by atoms with Gasteiger partial charge in [-0.25, -0.2) is 9.97 Å². The molecule has 0 unspecified atom stereocenters. The Morgan fingerprint density at radius 2 is 1.73 bits per heavy atom. The predicted octanol–water partition coefficient (Wildman–Crippen LogP) is 4.44. The van der Waals surface area contributed by atoms with Crippen LogP contribution in [0, 0.1) is 6.92 Å². The molecule has 0 saturated carbocycles. The summed E-state index contributed by atoms with van der Waals surface area (Å²) in [7, 11) is 0. The third-order valence-electron chi connectivity index (χ3n) is 5.64. The van der Waals surface area contributed by atoms with Gasteiger partial charge in [0.05, 0.1) is 17.3 Å². The molecule has 5 nitrogen and oxygen atoms in total. The topological polar surface area (TPSA) is 58.1 Å². The lowest BCUT2D eigenvalue weighted by Crippen LogP contribution is -2.35. The van der Waals surface area contributed by atoms with E-state index in [1.807, 2.05) is 43.3 Å². The second-order valence-corrected chi connectivity index (χ2v) is 7.85. The Labute approximate surface area is 178 Å². The molecule has 30 heavy (non-hydrogen) atoms. The van der Waals surface area contributed by atoms with Gasteiger partial charge in [-0.1, -0.05) is 67.1 Å². The van der Waals surface area contributed by atoms with Gasteiger partial charge >= 0.3 is 0 Å². The quantitative estimate of drug-likeness (QED) is 0.664. The van der Waals surface area contributed by atoms with Crippen molar-refractivity contribution in [2.45, 2.75) is 45.3 Å². The average Bonchev–Trinajstić information content (AvgIpc) is 2.79. The number of hydrogen-bond donors (Lipinski definition) is 1. The van der Waals surface area contributed by atoms with Crippen LogP contribution < -0.4 is 5.32 Å². The summed E-state index contributed by atoms with van der Waals surface area (Å²) in [5.74, 6) is 0.592. The summed E-state index contributed by atoms with van der Waals surface area (Å²) < 4.78 is 0. The highest BCUT2D eigenvalue weighted by Crippen LogP contribution is 2.33. The van der Waals surface area contributed by atoms with E-state index in [9.17, 15) is 4.79 Å². The lowest BCUT2D eigenvalue weighted by molar-refractivity contribution is 0.0939. The van der Waals surface area contributed by atoms with Crippen molar-refractivity contribution in [1.82, 2.24) is 20.2 Å². The SMILES string of the molecule is Cc1ncc(C(=O)NCc2ccccc2)c([C@H]2CCCCN2Cc2ccccc2)n1. The summed E-state index contributed by atoms with van der Waals surface area (Å²) in [5, 5.41) is 3.04. The van der Waals surface area contributed by atoms with Crippen LogP contribution in [-0.2, 0) is 13.1 Å². The Morgan fingerprint density at radius 1 is 1.03 bits per heavy atom. The zero-order valence-corrected chi connectivity index (χ0v) is 17.4. The van der Waals surface area contributed by atoms with E-state index in [-0.39, 0.29) is 11.9 Å². The molecule has 1 atom stereocenters. The molecule has 0 spiro atoms. The van der Waals surface area contributed by atoms with Crippen LogP contribution in [0.2, 0.25) is 0 Å². The van der Waals surface area contributed by atoms with Crippen molar-refractivity contribution >= 4 is 5.91 Å². The summed E-state index contributed by atoms with van der Waals surface area (Å²) in [5.41, 5.74) is 3.79. The van der Waals surface area contributed by atoms with Gasteiger partial charge in [0.15, 0.2) is 0 Å². The molecule has 3 aromatic rings. The summed E-state index contributed by atoms with van der Waals surface area (Å²) >= 11 is 0. The van der Waals surface area contributed by atoms with E-state index in [4.69, 9.17) is 4.98 Å². The second kappa shape index (κ2) is 9.63. The average molecular weight is 401 g/mol. The number of piperidine rings is 1. The van der Waals surface area contributed by atoms with Crippen LogP contribution in [0.1, 0.15) is 58.3 Å². The molecule has 5 heteroatoms. The number of rotatable bonds is 6. The van der Waals surface area contributed by atoms with Crippen LogP contribution in [-0.4, -0.2) is 27.3 Å². The zero-order valence-electron chi connectivity index (χ0n) is 17.4. The molecule has 0 aliphatic carbocycles. The summed E-state index contributed by atoms with van der Waals surface area (Å²) in [6.07, 6.45) is 5.00. The van der Waals surface area contributed by atoms with Crippen LogP contribution in [0.4, 0.5) is 0 Å². The van der Waals surface area contributed by atoms with Crippen molar-refractivity contribution < 1.29 is 4.79 Å². The minimum Gasteiger partial charge on any atom is -0.348 e. The van der Waals surface area contributed by atoms with Gasteiger partial charge in [-0.05, 0) is 37.4 Å². The van der Waals surface area contributed by atoms with Gasteiger partial charge in [0.25, 0.3) is 5.91 Å². The highest BCUT2D eigenvalue weighted by atomic mass is 16.1. The molecule has 1 saturated heterocycles. The third-order valence-corrected chi connectivity index (χ3v) is 5.64. The third kappa shape index (κ3) is 4.92. The molecule has 1 N–H and O–H groups in total. The fourth-order valence-corrected chi connectivity index (χ4v) is 4.10. The van der Waals surface area contributed by atoms with E-state index in [2.05, 4.69) is 39.5 Å². The molecule has 0 radical (unpaired) electrons. The van der Waals surface area contributed by atoms with Gasteiger partial charge in [0, 0.05) is 19.3 Å². The number of hydrogen-bond acceptors (Lipinski definition) is 4. The molecule has 1 amide bonds. The number of aryl methyl sites for hydroxylation is 1. The van der Waals surface area contributed by atoms with Crippen molar-refractivity contribution in [3.05, 3.63) is 95.1 Å². The molecule has 4 rings (SSSR count). The van der Waals surface area contributed by atoms with Crippen molar-refractivity contribution in [3.63, 3.8) is 0 Å². The normalized spacial score (nSPS) is 16.9. The standard InChI is InChI=1S/C25H28N4O/c1-19-26-17-22(25(30)27-16-20-10-4-2-5-11-20)24(28-19)23-14-8-9-15-29(23)18-21-12-6-3-7-13-21/h2-7,10-13,17,23H,8-9,14-16,18H2,1H3,(H,27,30)/t23-/m1/s1. The number of carbonyl (C=O) groups excluding carboxylic acids is 1. The molecule has 1 aromatic heterocycles. The molecule has 1 fully saturated rings. The zero-order chi connectivity index (χ0) is 20.8. The molecule has 1 aliphatic heterocycles. The summed E-state index contributed by atoms with van der Waals surface area (Å²) in [6.45, 7) is 4.25. The van der Waals surface area contributed by atoms with Crippen LogP contribution in [0.15, 0.2) is 66.9 Å².